The molecule has 0 radical (unpaired) electrons. The molecule has 0 rings (SSSR count). The Morgan fingerprint density at radius 2 is 0.480 bits per heavy atom. The zero-order valence-corrected chi connectivity index (χ0v) is 67.6. The van der Waals surface area contributed by atoms with Crippen molar-refractivity contribution >= 4 is 39.5 Å². The molecular weight excluding hydrogens is 1310 g/mol. The fraction of sp³-hybridized carbons (Fsp3) is 0.951. The second-order valence-corrected chi connectivity index (χ2v) is 33.5. The Balaban J connectivity index is 5.21. The van der Waals surface area contributed by atoms with Crippen LogP contribution in [-0.2, 0) is 65.4 Å². The molecular formula is C81H158O17P2. The van der Waals surface area contributed by atoms with Gasteiger partial charge in [0.2, 0.25) is 0 Å². The molecule has 0 heterocycles. The van der Waals surface area contributed by atoms with Gasteiger partial charge in [-0.2, -0.15) is 0 Å². The van der Waals surface area contributed by atoms with Crippen LogP contribution in [0.1, 0.15) is 415 Å². The lowest BCUT2D eigenvalue weighted by molar-refractivity contribution is -0.161. The summed E-state index contributed by atoms with van der Waals surface area (Å²) in [6, 6.07) is 0. The van der Waals surface area contributed by atoms with Gasteiger partial charge in [-0.05, 0) is 49.4 Å². The molecule has 0 spiro atoms. The van der Waals surface area contributed by atoms with E-state index in [1.54, 1.807) is 0 Å². The summed E-state index contributed by atoms with van der Waals surface area (Å²) in [6.45, 7) is 14.3. The van der Waals surface area contributed by atoms with Crippen LogP contribution in [0.2, 0.25) is 0 Å². The number of esters is 4. The van der Waals surface area contributed by atoms with Crippen molar-refractivity contribution < 1.29 is 80.2 Å². The quantitative estimate of drug-likeness (QED) is 0.0222. The van der Waals surface area contributed by atoms with Crippen molar-refractivity contribution in [2.75, 3.05) is 39.6 Å². The van der Waals surface area contributed by atoms with Gasteiger partial charge < -0.3 is 33.8 Å². The van der Waals surface area contributed by atoms with Crippen LogP contribution in [0.25, 0.3) is 0 Å². The molecule has 3 N–H and O–H groups in total. The smallest absolute Gasteiger partial charge is 0.462 e. The lowest BCUT2D eigenvalue weighted by atomic mass is 9.99. The average molecular weight is 1470 g/mol. The van der Waals surface area contributed by atoms with Crippen LogP contribution in [-0.4, -0.2) is 96.7 Å². The first-order valence-electron chi connectivity index (χ1n) is 41.8. The Bertz CT molecular complexity index is 1960. The summed E-state index contributed by atoms with van der Waals surface area (Å²) in [4.78, 5) is 73.0. The molecule has 0 aliphatic rings. The Labute approximate surface area is 613 Å². The molecule has 0 bridgehead atoms. The molecule has 0 aromatic carbocycles. The maximum absolute atomic E-state index is 13.1. The molecule has 19 heteroatoms. The number of rotatable bonds is 78. The highest BCUT2D eigenvalue weighted by atomic mass is 31.2. The standard InChI is InChI=1S/C81H158O17P2/c1-9-73(7)59-51-43-35-31-32-36-45-53-61-78(83)91-67-76(97-80(85)63-55-47-37-29-25-21-16-14-12-11-13-15-19-23-27-33-41-49-57-71(3)4)69-95-99(87,88)93-65-75(82)66-94-100(89,90)96-70-77(68-92-79(84)62-54-46-40-39-44-52-60-74(8)10-2)98-81(86)64-56-48-38-30-26-22-18-17-20-24-28-34-42-50-58-72(5)6/h71-77,82H,9-70H2,1-8H3,(H,87,88)(H,89,90)/t73?,74?,75-,76-,77-/m1/s1. The van der Waals surface area contributed by atoms with Gasteiger partial charge in [0.1, 0.15) is 19.3 Å². The third-order valence-electron chi connectivity index (χ3n) is 19.5. The molecule has 0 aromatic heterocycles. The maximum Gasteiger partial charge on any atom is 0.472 e. The Kier molecular flexibility index (Phi) is 68.7. The van der Waals surface area contributed by atoms with E-state index >= 15 is 0 Å². The maximum atomic E-state index is 13.1. The van der Waals surface area contributed by atoms with Crippen LogP contribution >= 0.6 is 15.6 Å². The van der Waals surface area contributed by atoms with Gasteiger partial charge in [0.05, 0.1) is 26.4 Å². The number of aliphatic hydroxyl groups excluding tert-OH is 1. The van der Waals surface area contributed by atoms with Gasteiger partial charge in [0, 0.05) is 25.7 Å². The highest BCUT2D eigenvalue weighted by molar-refractivity contribution is 7.47. The predicted molar refractivity (Wildman–Crippen MR) is 409 cm³/mol. The summed E-state index contributed by atoms with van der Waals surface area (Å²) in [6.07, 6.45) is 56.9. The van der Waals surface area contributed by atoms with Crippen LogP contribution in [0, 0.1) is 23.7 Å². The fourth-order valence-electron chi connectivity index (χ4n) is 12.4. The number of hydrogen-bond acceptors (Lipinski definition) is 15. The normalized spacial score (nSPS) is 14.6. The minimum absolute atomic E-state index is 0.106. The van der Waals surface area contributed by atoms with Gasteiger partial charge in [0.15, 0.2) is 12.2 Å². The molecule has 0 saturated heterocycles. The zero-order valence-electron chi connectivity index (χ0n) is 65.8. The minimum Gasteiger partial charge on any atom is -0.462 e. The van der Waals surface area contributed by atoms with Crippen molar-refractivity contribution in [3.8, 4) is 0 Å². The molecule has 4 unspecified atom stereocenters. The molecule has 0 aliphatic carbocycles. The molecule has 100 heavy (non-hydrogen) atoms. The van der Waals surface area contributed by atoms with Crippen LogP contribution in [0.5, 0.6) is 0 Å². The first-order chi connectivity index (χ1) is 48.2. The number of phosphoric acid groups is 2. The van der Waals surface area contributed by atoms with E-state index in [9.17, 15) is 43.2 Å². The Morgan fingerprint density at radius 3 is 0.710 bits per heavy atom. The largest absolute Gasteiger partial charge is 0.472 e. The van der Waals surface area contributed by atoms with Crippen molar-refractivity contribution in [2.45, 2.75) is 433 Å². The van der Waals surface area contributed by atoms with Gasteiger partial charge in [-0.3, -0.25) is 37.3 Å². The minimum atomic E-state index is -4.96. The van der Waals surface area contributed by atoms with E-state index in [1.165, 1.54) is 212 Å². The fourth-order valence-corrected chi connectivity index (χ4v) is 13.9. The second kappa shape index (κ2) is 70.1. The van der Waals surface area contributed by atoms with E-state index in [-0.39, 0.29) is 25.7 Å². The molecule has 0 aliphatic heterocycles. The summed E-state index contributed by atoms with van der Waals surface area (Å²) in [5, 5.41) is 10.6. The summed E-state index contributed by atoms with van der Waals surface area (Å²) in [5.74, 6) is 1.01. The van der Waals surface area contributed by atoms with Crippen LogP contribution in [0.15, 0.2) is 0 Å². The summed E-state index contributed by atoms with van der Waals surface area (Å²) < 4.78 is 68.7. The molecule has 0 amide bonds. The number of ether oxygens (including phenoxy) is 4. The van der Waals surface area contributed by atoms with Crippen molar-refractivity contribution in [1.82, 2.24) is 0 Å². The summed E-state index contributed by atoms with van der Waals surface area (Å²) in [5.41, 5.74) is 0. The van der Waals surface area contributed by atoms with Crippen molar-refractivity contribution in [3.05, 3.63) is 0 Å². The highest BCUT2D eigenvalue weighted by Crippen LogP contribution is 2.45. The lowest BCUT2D eigenvalue weighted by Crippen LogP contribution is -2.30. The lowest BCUT2D eigenvalue weighted by Gasteiger charge is -2.21. The number of carbonyl (C=O) groups excluding carboxylic acids is 4. The van der Waals surface area contributed by atoms with Crippen molar-refractivity contribution in [2.24, 2.45) is 23.7 Å². The van der Waals surface area contributed by atoms with Crippen LogP contribution in [0.4, 0.5) is 0 Å². The van der Waals surface area contributed by atoms with Gasteiger partial charge in [-0.15, -0.1) is 0 Å². The van der Waals surface area contributed by atoms with Gasteiger partial charge >= 0.3 is 39.5 Å². The number of unbranched alkanes of at least 4 members (excludes halogenated alkanes) is 42. The summed E-state index contributed by atoms with van der Waals surface area (Å²) >= 11 is 0. The number of phosphoric ester groups is 2. The van der Waals surface area contributed by atoms with E-state index in [2.05, 4.69) is 55.4 Å². The number of carbonyl (C=O) groups is 4. The van der Waals surface area contributed by atoms with Crippen molar-refractivity contribution in [3.63, 3.8) is 0 Å². The molecule has 7 atom stereocenters. The average Bonchev–Trinajstić information content (AvgIpc) is 0.915. The summed E-state index contributed by atoms with van der Waals surface area (Å²) in [7, 11) is -9.92. The SMILES string of the molecule is CCC(C)CCCCCCCCCCC(=O)OC[C@H](COP(=O)(O)OC[C@@H](O)COP(=O)(O)OC[C@@H](COC(=O)CCCCCCCCC(C)CC)OC(=O)CCCCCCCCCCCCCCCCC(C)C)OC(=O)CCCCCCCCCCCCCCCCCCCCC(C)C. The molecule has 0 fully saturated rings. The third kappa shape index (κ3) is 71.7. The Morgan fingerprint density at radius 1 is 0.280 bits per heavy atom. The number of hydrogen-bond donors (Lipinski definition) is 3. The first-order valence-corrected chi connectivity index (χ1v) is 44.8. The highest BCUT2D eigenvalue weighted by Gasteiger charge is 2.30. The van der Waals surface area contributed by atoms with E-state index < -0.39 is 97.5 Å². The van der Waals surface area contributed by atoms with Crippen LogP contribution in [0.3, 0.4) is 0 Å². The topological polar surface area (TPSA) is 237 Å². The molecule has 17 nitrogen and oxygen atoms in total. The van der Waals surface area contributed by atoms with E-state index in [1.807, 2.05) is 0 Å². The number of aliphatic hydroxyl groups is 1. The zero-order chi connectivity index (χ0) is 73.8. The van der Waals surface area contributed by atoms with Gasteiger partial charge in [-0.25, -0.2) is 9.13 Å². The Hall–Kier alpha value is -1.94. The van der Waals surface area contributed by atoms with Gasteiger partial charge in [0.25, 0.3) is 0 Å². The van der Waals surface area contributed by atoms with Crippen LogP contribution < -0.4 is 0 Å². The molecule has 0 saturated carbocycles. The predicted octanol–water partition coefficient (Wildman–Crippen LogP) is 24.0. The first kappa shape index (κ1) is 98.1. The monoisotopic (exact) mass is 1470 g/mol. The van der Waals surface area contributed by atoms with E-state index in [0.717, 1.165) is 120 Å². The van der Waals surface area contributed by atoms with E-state index in [0.29, 0.717) is 25.7 Å². The molecule has 594 valence electrons. The molecule has 0 aromatic rings. The van der Waals surface area contributed by atoms with Gasteiger partial charge in [-0.1, -0.05) is 364 Å². The van der Waals surface area contributed by atoms with E-state index in [4.69, 9.17) is 37.0 Å². The van der Waals surface area contributed by atoms with Crippen molar-refractivity contribution in [1.29, 1.82) is 0 Å². The second-order valence-electron chi connectivity index (χ2n) is 30.6. The third-order valence-corrected chi connectivity index (χ3v) is 21.4.